The van der Waals surface area contributed by atoms with E-state index in [1.54, 1.807) is 4.90 Å². The smallest absolute Gasteiger partial charge is 0.271 e. The molecule has 1 aliphatic rings. The average Bonchev–Trinajstić information content (AvgIpc) is 2.66. The summed E-state index contributed by atoms with van der Waals surface area (Å²) in [5, 5.41) is 11.1. The number of non-ortho nitro benzene ring substituents is 1. The van der Waals surface area contributed by atoms with Gasteiger partial charge in [0.05, 0.1) is 16.9 Å². The normalized spacial score (nSPS) is 14.9. The molecule has 1 amide bonds. The van der Waals surface area contributed by atoms with Gasteiger partial charge in [0.15, 0.2) is 0 Å². The van der Waals surface area contributed by atoms with Crippen molar-refractivity contribution in [3.05, 3.63) is 64.2 Å². The van der Waals surface area contributed by atoms with E-state index in [2.05, 4.69) is 0 Å². The van der Waals surface area contributed by atoms with Crippen molar-refractivity contribution in [2.24, 2.45) is 0 Å². The minimum atomic E-state index is -3.86. The molecule has 0 radical (unpaired) electrons. The lowest BCUT2D eigenvalue weighted by Crippen LogP contribution is -2.50. The Labute approximate surface area is 163 Å². The summed E-state index contributed by atoms with van der Waals surface area (Å²) in [4.78, 5) is 25.3. The fourth-order valence-corrected chi connectivity index (χ4v) is 4.70. The van der Waals surface area contributed by atoms with Gasteiger partial charge >= 0.3 is 0 Å². The number of nitro benzene ring substituents is 1. The molecule has 28 heavy (non-hydrogen) atoms. The molecule has 0 spiro atoms. The average molecular weight is 403 g/mol. The van der Waals surface area contributed by atoms with E-state index >= 15 is 0 Å². The van der Waals surface area contributed by atoms with Gasteiger partial charge in [-0.2, -0.15) is 0 Å². The number of hydrogen-bond donors (Lipinski definition) is 0. The zero-order valence-electron chi connectivity index (χ0n) is 15.6. The van der Waals surface area contributed by atoms with E-state index in [1.165, 1.54) is 25.1 Å². The number of carbonyl (C=O) groups excluding carboxylic acids is 1. The Balaban J connectivity index is 2.00. The third-order valence-corrected chi connectivity index (χ3v) is 5.98. The van der Waals surface area contributed by atoms with Gasteiger partial charge in [-0.15, -0.1) is 0 Å². The molecule has 148 valence electrons. The van der Waals surface area contributed by atoms with Gasteiger partial charge in [0, 0.05) is 24.4 Å². The Bertz CT molecular complexity index is 1020. The highest BCUT2D eigenvalue weighted by Crippen LogP contribution is 2.30. The second-order valence-electron chi connectivity index (χ2n) is 6.73. The summed E-state index contributed by atoms with van der Waals surface area (Å²) in [5.41, 5.74) is 1.66. The highest BCUT2D eigenvalue weighted by atomic mass is 32.2. The summed E-state index contributed by atoms with van der Waals surface area (Å²) >= 11 is 0. The number of anilines is 2. The molecule has 1 unspecified atom stereocenters. The number of sulfonamides is 1. The zero-order valence-corrected chi connectivity index (χ0v) is 16.4. The molecule has 0 fully saturated rings. The maximum absolute atomic E-state index is 13.2. The first-order valence-corrected chi connectivity index (χ1v) is 10.7. The van der Waals surface area contributed by atoms with Crippen LogP contribution in [0.5, 0.6) is 0 Å². The largest absolute Gasteiger partial charge is 0.310 e. The molecule has 2 aromatic carbocycles. The van der Waals surface area contributed by atoms with Gasteiger partial charge in [0.25, 0.3) is 11.6 Å². The Hall–Kier alpha value is -2.94. The van der Waals surface area contributed by atoms with Gasteiger partial charge in [-0.25, -0.2) is 8.42 Å². The van der Waals surface area contributed by atoms with Crippen LogP contribution in [0.1, 0.15) is 18.9 Å². The lowest BCUT2D eigenvalue weighted by Gasteiger charge is -2.35. The number of benzene rings is 2. The second-order valence-corrected chi connectivity index (χ2v) is 8.59. The van der Waals surface area contributed by atoms with Crippen LogP contribution in [0.15, 0.2) is 48.5 Å². The van der Waals surface area contributed by atoms with Crippen molar-refractivity contribution < 1.29 is 18.1 Å². The van der Waals surface area contributed by atoms with Crippen molar-refractivity contribution in [1.29, 1.82) is 0 Å². The zero-order chi connectivity index (χ0) is 20.5. The summed E-state index contributed by atoms with van der Waals surface area (Å²) in [7, 11) is -3.86. The number of fused-ring (bicyclic) bond motifs is 1. The maximum Gasteiger partial charge on any atom is 0.271 e. The van der Waals surface area contributed by atoms with Crippen LogP contribution in [0, 0.1) is 10.1 Å². The first-order valence-electron chi connectivity index (χ1n) is 8.83. The van der Waals surface area contributed by atoms with Crippen LogP contribution >= 0.6 is 0 Å². The molecule has 3 rings (SSSR count). The molecule has 0 aromatic heterocycles. The molecule has 0 N–H and O–H groups in total. The monoisotopic (exact) mass is 403 g/mol. The van der Waals surface area contributed by atoms with Gasteiger partial charge in [-0.1, -0.05) is 24.3 Å². The van der Waals surface area contributed by atoms with E-state index in [0.29, 0.717) is 6.54 Å². The third kappa shape index (κ3) is 3.84. The topological polar surface area (TPSA) is 101 Å². The minimum absolute atomic E-state index is 0.0860. The molecule has 1 aliphatic heterocycles. The summed E-state index contributed by atoms with van der Waals surface area (Å²) in [6.45, 7) is 1.99. The molecule has 0 aliphatic carbocycles. The quantitative estimate of drug-likeness (QED) is 0.564. The van der Waals surface area contributed by atoms with E-state index in [4.69, 9.17) is 0 Å². The standard InChI is InChI=1S/C19H21N3O5S/c1-14(19(23)20-12-6-8-15-7-3-4-11-18(15)20)21(28(2,26)27)16-9-5-10-17(13-16)22(24)25/h3-5,7,9-11,13-14H,6,8,12H2,1-2H3. The predicted molar refractivity (Wildman–Crippen MR) is 107 cm³/mol. The number of para-hydroxylation sites is 1. The highest BCUT2D eigenvalue weighted by molar-refractivity contribution is 7.92. The Morgan fingerprint density at radius 3 is 2.61 bits per heavy atom. The van der Waals surface area contributed by atoms with Crippen LogP contribution in [-0.4, -0.2) is 38.1 Å². The SMILES string of the molecule is CC(C(=O)N1CCCc2ccccc21)N(c1cccc([N+](=O)[O-])c1)S(C)(=O)=O. The summed E-state index contributed by atoms with van der Waals surface area (Å²) in [5.74, 6) is -0.371. The molecule has 0 saturated heterocycles. The number of aryl methyl sites for hydroxylation is 1. The van der Waals surface area contributed by atoms with Crippen LogP contribution in [-0.2, 0) is 21.2 Å². The van der Waals surface area contributed by atoms with Gasteiger partial charge in [0.2, 0.25) is 10.0 Å². The van der Waals surface area contributed by atoms with Crippen molar-refractivity contribution >= 4 is 33.0 Å². The van der Waals surface area contributed by atoms with Crippen molar-refractivity contribution in [1.82, 2.24) is 0 Å². The number of rotatable bonds is 5. The van der Waals surface area contributed by atoms with Gasteiger partial charge in [-0.3, -0.25) is 19.2 Å². The number of carbonyl (C=O) groups is 1. The van der Waals surface area contributed by atoms with Crippen molar-refractivity contribution in [3.8, 4) is 0 Å². The number of hydrogen-bond acceptors (Lipinski definition) is 5. The van der Waals surface area contributed by atoms with Crippen LogP contribution in [0.3, 0.4) is 0 Å². The molecule has 2 aromatic rings. The van der Waals surface area contributed by atoms with Crippen LogP contribution < -0.4 is 9.21 Å². The second kappa shape index (κ2) is 7.59. The first-order chi connectivity index (χ1) is 13.2. The molecule has 1 atom stereocenters. The van der Waals surface area contributed by atoms with Crippen molar-refractivity contribution in [3.63, 3.8) is 0 Å². The summed E-state index contributed by atoms with van der Waals surface area (Å²) in [6.07, 6.45) is 2.62. The Morgan fingerprint density at radius 1 is 1.21 bits per heavy atom. The van der Waals surface area contributed by atoms with Crippen LogP contribution in [0.25, 0.3) is 0 Å². The fourth-order valence-electron chi connectivity index (χ4n) is 3.53. The van der Waals surface area contributed by atoms with E-state index in [1.807, 2.05) is 24.3 Å². The molecule has 1 heterocycles. The van der Waals surface area contributed by atoms with Gasteiger partial charge in [-0.05, 0) is 37.5 Å². The number of nitro groups is 1. The van der Waals surface area contributed by atoms with Crippen LogP contribution in [0.4, 0.5) is 17.1 Å². The third-order valence-electron chi connectivity index (χ3n) is 4.74. The van der Waals surface area contributed by atoms with E-state index in [-0.39, 0.29) is 17.3 Å². The molecule has 8 nitrogen and oxygen atoms in total. The first kappa shape index (κ1) is 19.8. The molecule has 0 saturated carbocycles. The predicted octanol–water partition coefficient (Wildman–Crippen LogP) is 2.73. The highest BCUT2D eigenvalue weighted by Gasteiger charge is 2.34. The van der Waals surface area contributed by atoms with E-state index in [9.17, 15) is 23.3 Å². The van der Waals surface area contributed by atoms with E-state index < -0.39 is 21.0 Å². The Morgan fingerprint density at radius 2 is 1.93 bits per heavy atom. The summed E-state index contributed by atoms with van der Waals surface area (Å²) in [6, 6.07) is 11.8. The van der Waals surface area contributed by atoms with Gasteiger partial charge < -0.3 is 4.90 Å². The van der Waals surface area contributed by atoms with Crippen LogP contribution in [0.2, 0.25) is 0 Å². The van der Waals surface area contributed by atoms with Crippen molar-refractivity contribution in [2.75, 3.05) is 22.0 Å². The molecule has 0 bridgehead atoms. The molecular formula is C19H21N3O5S. The maximum atomic E-state index is 13.2. The van der Waals surface area contributed by atoms with E-state index in [0.717, 1.165) is 40.7 Å². The van der Waals surface area contributed by atoms with Gasteiger partial charge in [0.1, 0.15) is 6.04 Å². The number of nitrogens with zero attached hydrogens (tertiary/aromatic N) is 3. The molecular weight excluding hydrogens is 382 g/mol. The number of amides is 1. The Kier molecular flexibility index (Phi) is 5.37. The summed E-state index contributed by atoms with van der Waals surface area (Å²) < 4.78 is 25.9. The minimum Gasteiger partial charge on any atom is -0.310 e. The fraction of sp³-hybridized carbons (Fsp3) is 0.316. The lowest BCUT2D eigenvalue weighted by molar-refractivity contribution is -0.384. The van der Waals surface area contributed by atoms with Crippen molar-refractivity contribution in [2.45, 2.75) is 25.8 Å². The molecule has 9 heteroatoms. The lowest BCUT2D eigenvalue weighted by atomic mass is 10.0.